The molecule has 140 valence electrons. The number of halogens is 4. The number of thiocarbonyl (C=S) groups is 1. The Hall–Kier alpha value is -3.19. The second kappa shape index (κ2) is 8.01. The molecule has 10 heteroatoms. The highest BCUT2D eigenvalue weighted by molar-refractivity contribution is 7.80. The van der Waals surface area contributed by atoms with Crippen molar-refractivity contribution in [3.8, 4) is 6.07 Å². The molecule has 0 aliphatic heterocycles. The van der Waals surface area contributed by atoms with Gasteiger partial charge in [-0.3, -0.25) is 4.79 Å². The van der Waals surface area contributed by atoms with E-state index < -0.39 is 29.0 Å². The van der Waals surface area contributed by atoms with Crippen molar-refractivity contribution in [3.63, 3.8) is 0 Å². The molecule has 0 saturated carbocycles. The van der Waals surface area contributed by atoms with Gasteiger partial charge in [-0.1, -0.05) is 0 Å². The first-order valence-electron chi connectivity index (χ1n) is 7.36. The van der Waals surface area contributed by atoms with Crippen LogP contribution in [-0.4, -0.2) is 18.1 Å². The van der Waals surface area contributed by atoms with Crippen molar-refractivity contribution in [2.45, 2.75) is 6.18 Å². The van der Waals surface area contributed by atoms with E-state index in [1.54, 1.807) is 0 Å². The number of carbonyl (C=O) groups is 1. The van der Waals surface area contributed by atoms with Gasteiger partial charge < -0.3 is 16.0 Å². The van der Waals surface area contributed by atoms with E-state index in [4.69, 9.17) is 17.5 Å². The van der Waals surface area contributed by atoms with E-state index in [0.717, 1.165) is 24.3 Å². The number of hydrogen-bond donors (Lipinski definition) is 3. The summed E-state index contributed by atoms with van der Waals surface area (Å²) in [6, 6.07) is 8.09. The molecule has 0 heterocycles. The van der Waals surface area contributed by atoms with Crippen LogP contribution in [0.5, 0.6) is 0 Å². The number of anilines is 2. The van der Waals surface area contributed by atoms with E-state index >= 15 is 0 Å². The highest BCUT2D eigenvalue weighted by Crippen LogP contribution is 2.33. The van der Waals surface area contributed by atoms with Gasteiger partial charge in [0.2, 0.25) is 0 Å². The van der Waals surface area contributed by atoms with E-state index in [0.29, 0.717) is 0 Å². The van der Waals surface area contributed by atoms with Gasteiger partial charge in [-0.05, 0) is 48.6 Å². The first kappa shape index (κ1) is 20.1. The largest absolute Gasteiger partial charge is 0.417 e. The SMILES string of the molecule is CNC(=O)c1ccc(NC(=S)Nc2ccc(C(F)(F)F)c(C#N)c2)cc1F. The number of rotatable bonds is 3. The molecule has 0 unspecified atom stereocenters. The highest BCUT2D eigenvalue weighted by Gasteiger charge is 2.33. The lowest BCUT2D eigenvalue weighted by Crippen LogP contribution is -2.21. The van der Waals surface area contributed by atoms with E-state index in [1.807, 2.05) is 0 Å². The number of hydrogen-bond acceptors (Lipinski definition) is 3. The predicted octanol–water partition coefficient (Wildman–Crippen LogP) is 3.88. The van der Waals surface area contributed by atoms with Crippen molar-refractivity contribution < 1.29 is 22.4 Å². The summed E-state index contributed by atoms with van der Waals surface area (Å²) in [6.45, 7) is 0. The number of benzene rings is 2. The number of nitriles is 1. The van der Waals surface area contributed by atoms with Gasteiger partial charge in [-0.25, -0.2) is 4.39 Å². The lowest BCUT2D eigenvalue weighted by atomic mass is 10.1. The maximum Gasteiger partial charge on any atom is 0.417 e. The zero-order valence-corrected chi connectivity index (χ0v) is 14.6. The monoisotopic (exact) mass is 396 g/mol. The van der Waals surface area contributed by atoms with Crippen molar-refractivity contribution in [1.82, 2.24) is 5.32 Å². The normalized spacial score (nSPS) is 10.7. The molecule has 2 aromatic carbocycles. The fourth-order valence-electron chi connectivity index (χ4n) is 2.17. The Morgan fingerprint density at radius 3 is 2.22 bits per heavy atom. The second-order valence-electron chi connectivity index (χ2n) is 5.22. The smallest absolute Gasteiger partial charge is 0.355 e. The Kier molecular flexibility index (Phi) is 5.97. The zero-order valence-electron chi connectivity index (χ0n) is 13.7. The summed E-state index contributed by atoms with van der Waals surface area (Å²) in [4.78, 5) is 11.5. The van der Waals surface area contributed by atoms with Crippen LogP contribution < -0.4 is 16.0 Å². The van der Waals surface area contributed by atoms with Gasteiger partial charge in [0.15, 0.2) is 5.11 Å². The summed E-state index contributed by atoms with van der Waals surface area (Å²) in [5.41, 5.74) is -1.38. The fourth-order valence-corrected chi connectivity index (χ4v) is 2.40. The molecule has 0 spiro atoms. The minimum Gasteiger partial charge on any atom is -0.355 e. The molecule has 0 aliphatic rings. The van der Waals surface area contributed by atoms with Crippen LogP contribution in [-0.2, 0) is 6.18 Å². The quantitative estimate of drug-likeness (QED) is 0.542. The molecule has 0 saturated heterocycles. The molecule has 27 heavy (non-hydrogen) atoms. The number of nitrogens with zero attached hydrogens (tertiary/aromatic N) is 1. The van der Waals surface area contributed by atoms with Gasteiger partial charge in [0.1, 0.15) is 5.82 Å². The summed E-state index contributed by atoms with van der Waals surface area (Å²) in [6.07, 6.45) is -4.65. The van der Waals surface area contributed by atoms with Crippen molar-refractivity contribution in [3.05, 3.63) is 58.9 Å². The van der Waals surface area contributed by atoms with Gasteiger partial charge >= 0.3 is 6.18 Å². The third-order valence-electron chi connectivity index (χ3n) is 3.40. The van der Waals surface area contributed by atoms with Crippen LogP contribution in [0, 0.1) is 17.1 Å². The molecule has 0 aliphatic carbocycles. The minimum absolute atomic E-state index is 0.0364. The summed E-state index contributed by atoms with van der Waals surface area (Å²) in [5, 5.41) is 16.4. The molecule has 2 aromatic rings. The summed E-state index contributed by atoms with van der Waals surface area (Å²) in [7, 11) is 1.37. The molecule has 1 amide bonds. The lowest BCUT2D eigenvalue weighted by molar-refractivity contribution is -0.137. The first-order chi connectivity index (χ1) is 12.7. The van der Waals surface area contributed by atoms with Gasteiger partial charge in [0, 0.05) is 18.4 Å². The minimum atomic E-state index is -4.65. The predicted molar refractivity (Wildman–Crippen MR) is 95.8 cm³/mol. The van der Waals surface area contributed by atoms with E-state index in [1.165, 1.54) is 25.2 Å². The maximum absolute atomic E-state index is 13.9. The van der Waals surface area contributed by atoms with Crippen molar-refractivity contribution in [2.24, 2.45) is 0 Å². The molecular formula is C17H12F4N4OS. The van der Waals surface area contributed by atoms with Gasteiger partial charge in [0.05, 0.1) is 22.8 Å². The van der Waals surface area contributed by atoms with Gasteiger partial charge in [-0.2, -0.15) is 18.4 Å². The standard InChI is InChI=1S/C17H12F4N4OS/c1-23-15(26)12-4-2-11(7-14(12)18)25-16(27)24-10-3-5-13(17(19,20)21)9(6-10)8-22/h2-7H,1H3,(H,23,26)(H2,24,25,27). The van der Waals surface area contributed by atoms with Crippen LogP contribution in [0.2, 0.25) is 0 Å². The van der Waals surface area contributed by atoms with Crippen LogP contribution in [0.1, 0.15) is 21.5 Å². The average Bonchev–Trinajstić information content (AvgIpc) is 2.60. The van der Waals surface area contributed by atoms with Gasteiger partial charge in [-0.15, -0.1) is 0 Å². The topological polar surface area (TPSA) is 77.0 Å². The summed E-state index contributed by atoms with van der Waals surface area (Å²) in [5.74, 6) is -1.36. The molecule has 0 fully saturated rings. The highest BCUT2D eigenvalue weighted by atomic mass is 32.1. The van der Waals surface area contributed by atoms with E-state index in [9.17, 15) is 22.4 Å². The summed E-state index contributed by atoms with van der Waals surface area (Å²) < 4.78 is 52.3. The Labute approximate surface area is 157 Å². The third kappa shape index (κ3) is 4.92. The number of amides is 1. The lowest BCUT2D eigenvalue weighted by Gasteiger charge is -2.13. The molecule has 0 radical (unpaired) electrons. The molecular weight excluding hydrogens is 384 g/mol. The molecule has 3 N–H and O–H groups in total. The van der Waals surface area contributed by atoms with Crippen molar-refractivity contribution in [1.29, 1.82) is 5.26 Å². The molecule has 0 atom stereocenters. The van der Waals surface area contributed by atoms with Crippen LogP contribution in [0.25, 0.3) is 0 Å². The fraction of sp³-hybridized carbons (Fsp3) is 0.118. The van der Waals surface area contributed by atoms with Crippen LogP contribution in [0.15, 0.2) is 36.4 Å². The van der Waals surface area contributed by atoms with Gasteiger partial charge in [0.25, 0.3) is 5.91 Å². The zero-order chi connectivity index (χ0) is 20.2. The van der Waals surface area contributed by atoms with E-state index in [-0.39, 0.29) is 22.1 Å². The second-order valence-corrected chi connectivity index (χ2v) is 5.63. The molecule has 5 nitrogen and oxygen atoms in total. The maximum atomic E-state index is 13.9. The third-order valence-corrected chi connectivity index (χ3v) is 3.61. The summed E-state index contributed by atoms with van der Waals surface area (Å²) >= 11 is 5.03. The van der Waals surface area contributed by atoms with Crippen molar-refractivity contribution in [2.75, 3.05) is 17.7 Å². The molecule has 2 rings (SSSR count). The number of nitrogens with one attached hydrogen (secondary N) is 3. The van der Waals surface area contributed by atoms with Crippen molar-refractivity contribution >= 4 is 34.6 Å². The van der Waals surface area contributed by atoms with Crippen LogP contribution in [0.3, 0.4) is 0 Å². The number of carbonyl (C=O) groups excluding carboxylic acids is 1. The Morgan fingerprint density at radius 2 is 1.70 bits per heavy atom. The Bertz CT molecular complexity index is 938. The Balaban J connectivity index is 2.13. The van der Waals surface area contributed by atoms with Crippen LogP contribution >= 0.6 is 12.2 Å². The molecule has 0 aromatic heterocycles. The Morgan fingerprint density at radius 1 is 1.11 bits per heavy atom. The van der Waals surface area contributed by atoms with Crippen LogP contribution in [0.4, 0.5) is 28.9 Å². The average molecular weight is 396 g/mol. The number of alkyl halides is 3. The van der Waals surface area contributed by atoms with E-state index in [2.05, 4.69) is 16.0 Å². The first-order valence-corrected chi connectivity index (χ1v) is 7.77. The molecule has 0 bridgehead atoms.